The van der Waals surface area contributed by atoms with Crippen molar-refractivity contribution >= 4 is 23.2 Å². The van der Waals surface area contributed by atoms with Crippen LogP contribution in [0.4, 0.5) is 11.4 Å². The van der Waals surface area contributed by atoms with E-state index < -0.39 is 0 Å². The summed E-state index contributed by atoms with van der Waals surface area (Å²) in [5.74, 6) is -0.256. The van der Waals surface area contributed by atoms with E-state index in [1.807, 2.05) is 25.1 Å². The van der Waals surface area contributed by atoms with Crippen molar-refractivity contribution in [1.29, 1.82) is 0 Å². The molecule has 7 heteroatoms. The highest BCUT2D eigenvalue weighted by molar-refractivity contribution is 5.96. The number of ether oxygens (including phenoxy) is 1. The molecule has 2 aromatic rings. The lowest BCUT2D eigenvalue weighted by Crippen LogP contribution is -2.41. The third-order valence-electron chi connectivity index (χ3n) is 5.21. The first-order chi connectivity index (χ1) is 14.5. The first kappa shape index (κ1) is 21.8. The van der Waals surface area contributed by atoms with Crippen molar-refractivity contribution in [2.75, 3.05) is 56.6 Å². The SMILES string of the molecule is Cc1ccc(NCC(=O)Nc2ccc(C(=O)NCCN3CCOCC3)cc2)cc1C. The quantitative estimate of drug-likeness (QED) is 0.623. The van der Waals surface area contributed by atoms with Gasteiger partial charge in [0.25, 0.3) is 5.91 Å². The van der Waals surface area contributed by atoms with Crippen LogP contribution in [0.15, 0.2) is 42.5 Å². The van der Waals surface area contributed by atoms with Crippen LogP contribution in [0.1, 0.15) is 21.5 Å². The molecule has 0 radical (unpaired) electrons. The van der Waals surface area contributed by atoms with Crippen LogP contribution in [0.5, 0.6) is 0 Å². The maximum absolute atomic E-state index is 12.3. The van der Waals surface area contributed by atoms with Crippen molar-refractivity contribution in [2.24, 2.45) is 0 Å². The minimum absolute atomic E-state index is 0.113. The molecule has 7 nitrogen and oxygen atoms in total. The highest BCUT2D eigenvalue weighted by atomic mass is 16.5. The fourth-order valence-corrected chi connectivity index (χ4v) is 3.20. The predicted molar refractivity (Wildman–Crippen MR) is 119 cm³/mol. The Labute approximate surface area is 177 Å². The fraction of sp³-hybridized carbons (Fsp3) is 0.391. The number of amides is 2. The topological polar surface area (TPSA) is 82.7 Å². The molecule has 0 saturated carbocycles. The van der Waals surface area contributed by atoms with E-state index in [4.69, 9.17) is 4.74 Å². The summed E-state index contributed by atoms with van der Waals surface area (Å²) in [4.78, 5) is 26.7. The summed E-state index contributed by atoms with van der Waals surface area (Å²) in [6.07, 6.45) is 0. The van der Waals surface area contributed by atoms with Gasteiger partial charge in [0.05, 0.1) is 19.8 Å². The van der Waals surface area contributed by atoms with Crippen LogP contribution in [0.3, 0.4) is 0 Å². The summed E-state index contributed by atoms with van der Waals surface area (Å²) >= 11 is 0. The van der Waals surface area contributed by atoms with Crippen LogP contribution >= 0.6 is 0 Å². The highest BCUT2D eigenvalue weighted by Crippen LogP contribution is 2.14. The Morgan fingerprint density at radius 1 is 0.967 bits per heavy atom. The third kappa shape index (κ3) is 6.57. The average molecular weight is 411 g/mol. The zero-order valence-corrected chi connectivity index (χ0v) is 17.7. The summed E-state index contributed by atoms with van der Waals surface area (Å²) in [5, 5.41) is 8.90. The molecular weight excluding hydrogens is 380 g/mol. The summed E-state index contributed by atoms with van der Waals surface area (Å²) in [5.41, 5.74) is 4.54. The van der Waals surface area contributed by atoms with Crippen molar-refractivity contribution in [2.45, 2.75) is 13.8 Å². The zero-order valence-electron chi connectivity index (χ0n) is 17.7. The van der Waals surface area contributed by atoms with Gasteiger partial charge < -0.3 is 20.7 Å². The lowest BCUT2D eigenvalue weighted by atomic mass is 10.1. The Hall–Kier alpha value is -2.90. The number of morpholine rings is 1. The molecule has 0 atom stereocenters. The normalized spacial score (nSPS) is 14.2. The number of nitrogens with one attached hydrogen (secondary N) is 3. The van der Waals surface area contributed by atoms with E-state index in [0.717, 1.165) is 38.5 Å². The van der Waals surface area contributed by atoms with Crippen LogP contribution < -0.4 is 16.0 Å². The molecule has 0 aromatic heterocycles. The molecule has 1 fully saturated rings. The van der Waals surface area contributed by atoms with Gasteiger partial charge in [0.2, 0.25) is 5.91 Å². The summed E-state index contributed by atoms with van der Waals surface area (Å²) in [6, 6.07) is 12.9. The Morgan fingerprint density at radius 2 is 1.67 bits per heavy atom. The number of carbonyl (C=O) groups is 2. The van der Waals surface area contributed by atoms with E-state index in [9.17, 15) is 9.59 Å². The first-order valence-electron chi connectivity index (χ1n) is 10.3. The molecule has 0 spiro atoms. The van der Waals surface area contributed by atoms with Gasteiger partial charge in [-0.05, 0) is 61.4 Å². The minimum atomic E-state index is -0.143. The summed E-state index contributed by atoms with van der Waals surface area (Å²) in [7, 11) is 0. The molecular formula is C23H30N4O3. The van der Waals surface area contributed by atoms with Gasteiger partial charge in [-0.25, -0.2) is 0 Å². The number of nitrogens with zero attached hydrogens (tertiary/aromatic N) is 1. The van der Waals surface area contributed by atoms with Crippen molar-refractivity contribution in [3.63, 3.8) is 0 Å². The number of hydrogen-bond acceptors (Lipinski definition) is 5. The van der Waals surface area contributed by atoms with Gasteiger partial charge in [0.15, 0.2) is 0 Å². The van der Waals surface area contributed by atoms with Gasteiger partial charge in [-0.15, -0.1) is 0 Å². The minimum Gasteiger partial charge on any atom is -0.379 e. The first-order valence-corrected chi connectivity index (χ1v) is 10.3. The molecule has 0 bridgehead atoms. The molecule has 160 valence electrons. The molecule has 1 aliphatic rings. The molecule has 30 heavy (non-hydrogen) atoms. The second-order valence-corrected chi connectivity index (χ2v) is 7.49. The Balaban J connectivity index is 1.41. The number of anilines is 2. The standard InChI is InChI=1S/C23H30N4O3/c1-17-3-6-21(15-18(17)2)25-16-22(28)26-20-7-4-19(5-8-20)23(29)24-9-10-27-11-13-30-14-12-27/h3-8,15,25H,9-14,16H2,1-2H3,(H,24,29)(H,26,28). The van der Waals surface area contributed by atoms with Crippen molar-refractivity contribution in [3.05, 3.63) is 59.2 Å². The molecule has 3 rings (SSSR count). The summed E-state index contributed by atoms with van der Waals surface area (Å²) in [6.45, 7) is 9.00. The smallest absolute Gasteiger partial charge is 0.251 e. The van der Waals surface area contributed by atoms with Crippen molar-refractivity contribution < 1.29 is 14.3 Å². The van der Waals surface area contributed by atoms with Crippen molar-refractivity contribution in [1.82, 2.24) is 10.2 Å². The number of carbonyl (C=O) groups excluding carboxylic acids is 2. The van der Waals surface area contributed by atoms with Gasteiger partial charge >= 0.3 is 0 Å². The number of rotatable bonds is 8. The van der Waals surface area contributed by atoms with Gasteiger partial charge in [0, 0.05) is 43.1 Å². The molecule has 0 aliphatic carbocycles. The molecule has 1 aliphatic heterocycles. The second-order valence-electron chi connectivity index (χ2n) is 7.49. The van der Waals surface area contributed by atoms with Crippen LogP contribution in [0, 0.1) is 13.8 Å². The van der Waals surface area contributed by atoms with E-state index >= 15 is 0 Å². The average Bonchev–Trinajstić information content (AvgIpc) is 2.76. The van der Waals surface area contributed by atoms with Gasteiger partial charge in [-0.2, -0.15) is 0 Å². The number of aryl methyl sites for hydroxylation is 2. The molecule has 1 heterocycles. The lowest BCUT2D eigenvalue weighted by molar-refractivity contribution is -0.114. The molecule has 2 aromatic carbocycles. The maximum atomic E-state index is 12.3. The molecule has 2 amide bonds. The van der Waals surface area contributed by atoms with Gasteiger partial charge in [-0.3, -0.25) is 14.5 Å². The second kappa shape index (κ2) is 10.8. The molecule has 1 saturated heterocycles. The third-order valence-corrected chi connectivity index (χ3v) is 5.21. The zero-order chi connectivity index (χ0) is 21.3. The lowest BCUT2D eigenvalue weighted by Gasteiger charge is -2.26. The maximum Gasteiger partial charge on any atom is 0.251 e. The Bertz CT molecular complexity index is 861. The molecule has 0 unspecified atom stereocenters. The predicted octanol–water partition coefficient (Wildman–Crippen LogP) is 2.42. The van der Waals surface area contributed by atoms with E-state index in [1.54, 1.807) is 24.3 Å². The molecule has 3 N–H and O–H groups in total. The fourth-order valence-electron chi connectivity index (χ4n) is 3.20. The van der Waals surface area contributed by atoms with Crippen molar-refractivity contribution in [3.8, 4) is 0 Å². The monoisotopic (exact) mass is 410 g/mol. The van der Waals surface area contributed by atoms with E-state index in [2.05, 4.69) is 27.8 Å². The Morgan fingerprint density at radius 3 is 2.37 bits per heavy atom. The summed E-state index contributed by atoms with van der Waals surface area (Å²) < 4.78 is 5.32. The van der Waals surface area contributed by atoms with Crippen LogP contribution in [-0.4, -0.2) is 62.7 Å². The van der Waals surface area contributed by atoms with Crippen LogP contribution in [-0.2, 0) is 9.53 Å². The van der Waals surface area contributed by atoms with E-state index in [0.29, 0.717) is 17.8 Å². The largest absolute Gasteiger partial charge is 0.379 e. The van der Waals surface area contributed by atoms with Crippen LogP contribution in [0.25, 0.3) is 0 Å². The van der Waals surface area contributed by atoms with E-state index in [-0.39, 0.29) is 18.4 Å². The van der Waals surface area contributed by atoms with Gasteiger partial charge in [0.1, 0.15) is 0 Å². The highest BCUT2D eigenvalue weighted by Gasteiger charge is 2.11. The van der Waals surface area contributed by atoms with Gasteiger partial charge in [-0.1, -0.05) is 6.07 Å². The Kier molecular flexibility index (Phi) is 7.82. The van der Waals surface area contributed by atoms with Crippen LogP contribution in [0.2, 0.25) is 0 Å². The number of hydrogen-bond donors (Lipinski definition) is 3. The van der Waals surface area contributed by atoms with E-state index in [1.165, 1.54) is 11.1 Å². The number of benzene rings is 2.